The van der Waals surface area contributed by atoms with Crippen molar-refractivity contribution < 1.29 is 0 Å². The second kappa shape index (κ2) is 6.11. The van der Waals surface area contributed by atoms with Crippen LogP contribution in [0.15, 0.2) is 24.3 Å². The smallest absolute Gasteiger partial charge is 0.133 e. The van der Waals surface area contributed by atoms with Gasteiger partial charge in [0, 0.05) is 30.5 Å². The second-order valence-electron chi connectivity index (χ2n) is 6.22. The number of aromatic nitrogens is 3. The van der Waals surface area contributed by atoms with Crippen molar-refractivity contribution in [1.82, 2.24) is 14.8 Å². The van der Waals surface area contributed by atoms with Gasteiger partial charge >= 0.3 is 0 Å². The minimum atomic E-state index is 0.238. The fraction of sp³-hybridized carbons (Fsp3) is 0.556. The molecule has 0 saturated heterocycles. The lowest BCUT2D eigenvalue weighted by molar-refractivity contribution is 0.235. The Morgan fingerprint density at radius 1 is 1.18 bits per heavy atom. The molecule has 0 atom stereocenters. The van der Waals surface area contributed by atoms with E-state index in [9.17, 15) is 0 Å². The predicted octanol–water partition coefficient (Wildman–Crippen LogP) is 3.50. The zero-order chi connectivity index (χ0) is 15.6. The fourth-order valence-corrected chi connectivity index (χ4v) is 3.68. The molecule has 2 heterocycles. The molecule has 4 heteroatoms. The summed E-state index contributed by atoms with van der Waals surface area (Å²) in [5.74, 6) is 2.33. The van der Waals surface area contributed by atoms with Crippen LogP contribution in [0.5, 0.6) is 0 Å². The number of rotatable bonds is 3. The SMILES string of the molecule is CC.Nc1cccc(C2(Cc3nnc4n3CCC4)CCC2)c1. The van der Waals surface area contributed by atoms with E-state index in [0.29, 0.717) is 0 Å². The van der Waals surface area contributed by atoms with E-state index in [2.05, 4.69) is 33.0 Å². The van der Waals surface area contributed by atoms with Crippen molar-refractivity contribution in [3.05, 3.63) is 41.5 Å². The third-order valence-corrected chi connectivity index (χ3v) is 4.99. The van der Waals surface area contributed by atoms with Crippen LogP contribution < -0.4 is 5.73 Å². The molecule has 1 aliphatic carbocycles. The molecule has 22 heavy (non-hydrogen) atoms. The number of fused-ring (bicyclic) bond motifs is 1. The molecule has 0 radical (unpaired) electrons. The van der Waals surface area contributed by atoms with E-state index in [4.69, 9.17) is 5.73 Å². The molecule has 4 rings (SSSR count). The van der Waals surface area contributed by atoms with Crippen LogP contribution in [-0.2, 0) is 24.8 Å². The second-order valence-corrected chi connectivity index (χ2v) is 6.22. The van der Waals surface area contributed by atoms with Crippen LogP contribution in [0.4, 0.5) is 5.69 Å². The van der Waals surface area contributed by atoms with Crippen LogP contribution in [0.3, 0.4) is 0 Å². The highest BCUT2D eigenvalue weighted by Gasteiger charge is 2.40. The molecule has 4 nitrogen and oxygen atoms in total. The van der Waals surface area contributed by atoms with E-state index in [1.54, 1.807) is 0 Å². The highest BCUT2D eigenvalue weighted by atomic mass is 15.3. The summed E-state index contributed by atoms with van der Waals surface area (Å²) in [5, 5.41) is 8.77. The standard InChI is InChI=1S/C16H20N4.C2H6/c17-13-5-1-4-12(10-13)16(7-3-8-16)11-15-19-18-14-6-2-9-20(14)15;1-2/h1,4-5,10H,2-3,6-9,11,17H2;1-2H3. The van der Waals surface area contributed by atoms with Crippen molar-refractivity contribution in [2.24, 2.45) is 0 Å². The molecule has 2 N–H and O–H groups in total. The van der Waals surface area contributed by atoms with Crippen LogP contribution in [-0.4, -0.2) is 14.8 Å². The number of benzene rings is 1. The van der Waals surface area contributed by atoms with Crippen LogP contribution in [0.1, 0.15) is 56.7 Å². The zero-order valence-corrected chi connectivity index (χ0v) is 13.7. The summed E-state index contributed by atoms with van der Waals surface area (Å²) >= 11 is 0. The van der Waals surface area contributed by atoms with E-state index in [-0.39, 0.29) is 5.41 Å². The molecule has 118 valence electrons. The van der Waals surface area contributed by atoms with Gasteiger partial charge in [0.2, 0.25) is 0 Å². The topological polar surface area (TPSA) is 56.7 Å². The number of nitrogen functional groups attached to an aromatic ring is 1. The van der Waals surface area contributed by atoms with Gasteiger partial charge in [-0.15, -0.1) is 10.2 Å². The molecule has 1 fully saturated rings. The van der Waals surface area contributed by atoms with Crippen molar-refractivity contribution in [2.45, 2.75) is 64.3 Å². The third-order valence-electron chi connectivity index (χ3n) is 4.99. The van der Waals surface area contributed by atoms with E-state index < -0.39 is 0 Å². The average Bonchev–Trinajstić information content (AvgIpc) is 3.09. The maximum Gasteiger partial charge on any atom is 0.133 e. The van der Waals surface area contributed by atoms with Crippen LogP contribution in [0.2, 0.25) is 0 Å². The Kier molecular flexibility index (Phi) is 4.19. The first-order valence-corrected chi connectivity index (χ1v) is 8.54. The molecule has 0 unspecified atom stereocenters. The first-order chi connectivity index (χ1) is 10.8. The maximum absolute atomic E-state index is 5.96. The number of anilines is 1. The normalized spacial score (nSPS) is 18.1. The molecular weight excluding hydrogens is 272 g/mol. The maximum atomic E-state index is 5.96. The summed E-state index contributed by atoms with van der Waals surface area (Å²) in [5.41, 5.74) is 8.44. The quantitative estimate of drug-likeness (QED) is 0.882. The van der Waals surface area contributed by atoms with Crippen molar-refractivity contribution in [3.8, 4) is 0 Å². The fourth-order valence-electron chi connectivity index (χ4n) is 3.68. The zero-order valence-electron chi connectivity index (χ0n) is 13.7. The molecule has 2 aliphatic rings. The highest BCUT2D eigenvalue weighted by Crippen LogP contribution is 2.46. The first-order valence-electron chi connectivity index (χ1n) is 8.54. The van der Waals surface area contributed by atoms with Gasteiger partial charge in [0.05, 0.1) is 0 Å². The van der Waals surface area contributed by atoms with Crippen LogP contribution in [0.25, 0.3) is 0 Å². The predicted molar refractivity (Wildman–Crippen MR) is 89.8 cm³/mol. The van der Waals surface area contributed by atoms with Crippen molar-refractivity contribution >= 4 is 5.69 Å². The Bertz CT molecular complexity index is 640. The Balaban J connectivity index is 0.000000693. The van der Waals surface area contributed by atoms with Crippen LogP contribution >= 0.6 is 0 Å². The van der Waals surface area contributed by atoms with Gasteiger partial charge < -0.3 is 10.3 Å². The number of hydrogen-bond acceptors (Lipinski definition) is 3. The molecule has 1 aliphatic heterocycles. The van der Waals surface area contributed by atoms with Crippen molar-refractivity contribution in [2.75, 3.05) is 5.73 Å². The number of aryl methyl sites for hydroxylation is 1. The molecule has 1 saturated carbocycles. The Labute approximate surface area is 132 Å². The van der Waals surface area contributed by atoms with Crippen LogP contribution in [0, 0.1) is 0 Å². The molecule has 1 aromatic carbocycles. The Morgan fingerprint density at radius 2 is 2.00 bits per heavy atom. The minimum Gasteiger partial charge on any atom is -0.399 e. The van der Waals surface area contributed by atoms with Gasteiger partial charge in [-0.1, -0.05) is 32.4 Å². The van der Waals surface area contributed by atoms with E-state index in [1.165, 1.54) is 42.9 Å². The number of nitrogens with zero attached hydrogens (tertiary/aromatic N) is 3. The van der Waals surface area contributed by atoms with Crippen molar-refractivity contribution in [1.29, 1.82) is 0 Å². The van der Waals surface area contributed by atoms with Gasteiger partial charge in [-0.3, -0.25) is 0 Å². The Hall–Kier alpha value is -1.84. The van der Waals surface area contributed by atoms with Gasteiger partial charge in [-0.2, -0.15) is 0 Å². The molecule has 2 aromatic rings. The summed E-state index contributed by atoms with van der Waals surface area (Å²) in [7, 11) is 0. The largest absolute Gasteiger partial charge is 0.399 e. The molecule has 0 spiro atoms. The first kappa shape index (κ1) is 15.1. The van der Waals surface area contributed by atoms with E-state index in [0.717, 1.165) is 25.1 Å². The van der Waals surface area contributed by atoms with Gasteiger partial charge in [0.15, 0.2) is 0 Å². The van der Waals surface area contributed by atoms with E-state index >= 15 is 0 Å². The summed E-state index contributed by atoms with van der Waals surface area (Å²) in [6, 6.07) is 8.39. The molecule has 1 aromatic heterocycles. The Morgan fingerprint density at radius 3 is 2.68 bits per heavy atom. The van der Waals surface area contributed by atoms with Gasteiger partial charge in [0.1, 0.15) is 11.6 Å². The van der Waals surface area contributed by atoms with Gasteiger partial charge in [-0.05, 0) is 37.0 Å². The summed E-state index contributed by atoms with van der Waals surface area (Å²) in [6.45, 7) is 5.09. The third kappa shape index (κ3) is 2.51. The lowest BCUT2D eigenvalue weighted by atomic mass is 9.62. The van der Waals surface area contributed by atoms with Gasteiger partial charge in [0.25, 0.3) is 0 Å². The molecule has 0 amide bonds. The van der Waals surface area contributed by atoms with E-state index in [1.807, 2.05) is 19.9 Å². The lowest BCUT2D eigenvalue weighted by Crippen LogP contribution is -2.37. The average molecular weight is 298 g/mol. The number of nitrogens with two attached hydrogens (primary N) is 1. The summed E-state index contributed by atoms with van der Waals surface area (Å²) < 4.78 is 2.33. The summed E-state index contributed by atoms with van der Waals surface area (Å²) in [4.78, 5) is 0. The lowest BCUT2D eigenvalue weighted by Gasteiger charge is -2.42. The molecule has 0 bridgehead atoms. The summed E-state index contributed by atoms with van der Waals surface area (Å²) in [6.07, 6.45) is 7.07. The molecular formula is C18H26N4. The minimum absolute atomic E-state index is 0.238. The highest BCUT2D eigenvalue weighted by molar-refractivity contribution is 5.44. The monoisotopic (exact) mass is 298 g/mol. The van der Waals surface area contributed by atoms with Crippen molar-refractivity contribution in [3.63, 3.8) is 0 Å². The van der Waals surface area contributed by atoms with Gasteiger partial charge in [-0.25, -0.2) is 0 Å². The number of hydrogen-bond donors (Lipinski definition) is 1.